The summed E-state index contributed by atoms with van der Waals surface area (Å²) in [6.07, 6.45) is 1.92. The Labute approximate surface area is 129 Å². The molecule has 1 aromatic carbocycles. The van der Waals surface area contributed by atoms with Gasteiger partial charge in [-0.25, -0.2) is 0 Å². The van der Waals surface area contributed by atoms with Gasteiger partial charge in [0, 0.05) is 23.5 Å². The topological polar surface area (TPSA) is 46.3 Å². The second-order valence-electron chi connectivity index (χ2n) is 5.37. The standard InChI is InChI=1S/C17H20N2OS/c1-2-15-14-8-10-21-16(14)7-9-19(15)17(20)13-5-3-12(11-18)4-6-13/h3-6,8,10,15H,2,7,9,11,18H2,1H3/t15-/m0/s1. The summed E-state index contributed by atoms with van der Waals surface area (Å²) in [6.45, 7) is 3.47. The van der Waals surface area contributed by atoms with Crippen LogP contribution in [0.4, 0.5) is 0 Å². The lowest BCUT2D eigenvalue weighted by molar-refractivity contribution is 0.0657. The molecule has 1 aliphatic rings. The molecule has 3 rings (SSSR count). The summed E-state index contributed by atoms with van der Waals surface area (Å²) in [5, 5.41) is 2.14. The van der Waals surface area contributed by atoms with E-state index in [1.807, 2.05) is 40.5 Å². The van der Waals surface area contributed by atoms with Crippen molar-refractivity contribution in [1.29, 1.82) is 0 Å². The molecule has 4 heteroatoms. The van der Waals surface area contributed by atoms with Gasteiger partial charge >= 0.3 is 0 Å². The molecular weight excluding hydrogens is 280 g/mol. The molecule has 1 aromatic heterocycles. The molecule has 0 saturated heterocycles. The minimum atomic E-state index is 0.127. The van der Waals surface area contributed by atoms with E-state index < -0.39 is 0 Å². The third-order valence-electron chi connectivity index (χ3n) is 4.18. The quantitative estimate of drug-likeness (QED) is 0.945. The molecule has 1 aliphatic heterocycles. The second kappa shape index (κ2) is 6.00. The molecule has 2 heterocycles. The molecule has 3 nitrogen and oxygen atoms in total. The Morgan fingerprint density at radius 2 is 2.10 bits per heavy atom. The molecule has 0 radical (unpaired) electrons. The van der Waals surface area contributed by atoms with E-state index in [0.29, 0.717) is 6.54 Å². The summed E-state index contributed by atoms with van der Waals surface area (Å²) in [6, 6.07) is 10.0. The summed E-state index contributed by atoms with van der Waals surface area (Å²) in [5.41, 5.74) is 8.75. The molecule has 21 heavy (non-hydrogen) atoms. The highest BCUT2D eigenvalue weighted by atomic mass is 32.1. The summed E-state index contributed by atoms with van der Waals surface area (Å²) >= 11 is 1.81. The van der Waals surface area contributed by atoms with Gasteiger partial charge in [-0.3, -0.25) is 4.79 Å². The van der Waals surface area contributed by atoms with Gasteiger partial charge in [0.05, 0.1) is 6.04 Å². The van der Waals surface area contributed by atoms with E-state index in [1.54, 1.807) is 0 Å². The van der Waals surface area contributed by atoms with E-state index in [4.69, 9.17) is 5.73 Å². The summed E-state index contributed by atoms with van der Waals surface area (Å²) in [7, 11) is 0. The minimum absolute atomic E-state index is 0.127. The van der Waals surface area contributed by atoms with Crippen molar-refractivity contribution in [2.45, 2.75) is 32.4 Å². The number of thiophene rings is 1. The molecule has 0 spiro atoms. The van der Waals surface area contributed by atoms with E-state index in [-0.39, 0.29) is 11.9 Å². The lowest BCUT2D eigenvalue weighted by Gasteiger charge is -2.35. The maximum atomic E-state index is 12.8. The fourth-order valence-electron chi connectivity index (χ4n) is 3.03. The fraction of sp³-hybridized carbons (Fsp3) is 0.353. The van der Waals surface area contributed by atoms with E-state index >= 15 is 0 Å². The maximum Gasteiger partial charge on any atom is 0.254 e. The summed E-state index contributed by atoms with van der Waals surface area (Å²) in [4.78, 5) is 16.3. The first-order valence-electron chi connectivity index (χ1n) is 7.40. The van der Waals surface area contributed by atoms with Crippen molar-refractivity contribution in [3.63, 3.8) is 0 Å². The van der Waals surface area contributed by atoms with Gasteiger partial charge in [0.2, 0.25) is 0 Å². The number of carbonyl (C=O) groups is 1. The Bertz CT molecular complexity index is 632. The zero-order chi connectivity index (χ0) is 14.8. The lowest BCUT2D eigenvalue weighted by atomic mass is 9.96. The lowest BCUT2D eigenvalue weighted by Crippen LogP contribution is -2.39. The van der Waals surface area contributed by atoms with Crippen LogP contribution >= 0.6 is 11.3 Å². The van der Waals surface area contributed by atoms with Crippen LogP contribution in [-0.2, 0) is 13.0 Å². The third kappa shape index (κ3) is 2.61. The number of benzene rings is 1. The molecule has 0 fully saturated rings. The van der Waals surface area contributed by atoms with Gasteiger partial charge in [0.25, 0.3) is 5.91 Å². The molecular formula is C17H20N2OS. The van der Waals surface area contributed by atoms with Gasteiger partial charge in [0.1, 0.15) is 0 Å². The number of hydrogen-bond donors (Lipinski definition) is 1. The Kier molecular flexibility index (Phi) is 4.08. The van der Waals surface area contributed by atoms with Crippen LogP contribution in [0.15, 0.2) is 35.7 Å². The summed E-state index contributed by atoms with van der Waals surface area (Å²) in [5.74, 6) is 0.127. The van der Waals surface area contributed by atoms with Crippen LogP contribution in [0.2, 0.25) is 0 Å². The van der Waals surface area contributed by atoms with Crippen LogP contribution in [0.3, 0.4) is 0 Å². The first-order valence-corrected chi connectivity index (χ1v) is 8.28. The molecule has 1 amide bonds. The number of amides is 1. The molecule has 0 aliphatic carbocycles. The normalized spacial score (nSPS) is 17.6. The van der Waals surface area contributed by atoms with Gasteiger partial charge in [-0.2, -0.15) is 0 Å². The smallest absolute Gasteiger partial charge is 0.254 e. The predicted octanol–water partition coefficient (Wildman–Crippen LogP) is 3.36. The van der Waals surface area contributed by atoms with Crippen LogP contribution in [0.1, 0.15) is 45.7 Å². The maximum absolute atomic E-state index is 12.8. The third-order valence-corrected chi connectivity index (χ3v) is 5.18. The number of rotatable bonds is 3. The molecule has 0 saturated carbocycles. The van der Waals surface area contributed by atoms with Gasteiger partial charge in [0.15, 0.2) is 0 Å². The van der Waals surface area contributed by atoms with Crippen LogP contribution in [0.5, 0.6) is 0 Å². The Morgan fingerprint density at radius 1 is 1.33 bits per heavy atom. The Balaban J connectivity index is 1.87. The highest BCUT2D eigenvalue weighted by Crippen LogP contribution is 2.35. The molecule has 1 atom stereocenters. The first-order chi connectivity index (χ1) is 10.2. The van der Waals surface area contributed by atoms with Crippen molar-refractivity contribution in [2.75, 3.05) is 6.54 Å². The van der Waals surface area contributed by atoms with Crippen molar-refractivity contribution < 1.29 is 4.79 Å². The zero-order valence-corrected chi connectivity index (χ0v) is 13.0. The highest BCUT2D eigenvalue weighted by molar-refractivity contribution is 7.10. The van der Waals surface area contributed by atoms with E-state index in [1.165, 1.54) is 10.4 Å². The number of carbonyl (C=O) groups excluding carboxylic acids is 1. The van der Waals surface area contributed by atoms with Gasteiger partial charge in [-0.15, -0.1) is 11.3 Å². The Hall–Kier alpha value is -1.65. The summed E-state index contributed by atoms with van der Waals surface area (Å²) < 4.78 is 0. The zero-order valence-electron chi connectivity index (χ0n) is 12.2. The second-order valence-corrected chi connectivity index (χ2v) is 6.37. The van der Waals surface area contributed by atoms with Crippen molar-refractivity contribution in [3.05, 3.63) is 57.3 Å². The minimum Gasteiger partial charge on any atom is -0.331 e. The fourth-order valence-corrected chi connectivity index (χ4v) is 3.96. The van der Waals surface area contributed by atoms with Crippen LogP contribution in [0.25, 0.3) is 0 Å². The van der Waals surface area contributed by atoms with Crippen LogP contribution < -0.4 is 5.73 Å². The SMILES string of the molecule is CC[C@H]1c2ccsc2CCN1C(=O)c1ccc(CN)cc1. The van der Waals surface area contributed by atoms with Crippen LogP contribution in [-0.4, -0.2) is 17.4 Å². The monoisotopic (exact) mass is 300 g/mol. The van der Waals surface area contributed by atoms with Crippen molar-refractivity contribution in [1.82, 2.24) is 4.90 Å². The van der Waals surface area contributed by atoms with E-state index in [0.717, 1.165) is 30.5 Å². The average molecular weight is 300 g/mol. The number of nitrogens with zero attached hydrogens (tertiary/aromatic N) is 1. The van der Waals surface area contributed by atoms with Crippen molar-refractivity contribution >= 4 is 17.2 Å². The van der Waals surface area contributed by atoms with Crippen molar-refractivity contribution in [2.24, 2.45) is 5.73 Å². The largest absolute Gasteiger partial charge is 0.331 e. The first kappa shape index (κ1) is 14.3. The van der Waals surface area contributed by atoms with E-state index in [2.05, 4.69) is 18.4 Å². The van der Waals surface area contributed by atoms with E-state index in [9.17, 15) is 4.79 Å². The van der Waals surface area contributed by atoms with Gasteiger partial charge in [-0.05, 0) is 47.5 Å². The molecule has 2 aromatic rings. The van der Waals surface area contributed by atoms with Gasteiger partial charge in [-0.1, -0.05) is 19.1 Å². The number of fused-ring (bicyclic) bond motifs is 1. The van der Waals surface area contributed by atoms with Gasteiger partial charge < -0.3 is 10.6 Å². The predicted molar refractivity (Wildman–Crippen MR) is 86.4 cm³/mol. The van der Waals surface area contributed by atoms with Crippen LogP contribution in [0, 0.1) is 0 Å². The molecule has 2 N–H and O–H groups in total. The number of hydrogen-bond acceptors (Lipinski definition) is 3. The highest BCUT2D eigenvalue weighted by Gasteiger charge is 2.30. The number of nitrogens with two attached hydrogens (primary N) is 1. The van der Waals surface area contributed by atoms with Crippen molar-refractivity contribution in [3.8, 4) is 0 Å². The molecule has 0 unspecified atom stereocenters. The average Bonchev–Trinajstić information content (AvgIpc) is 3.02. The Morgan fingerprint density at radius 3 is 2.76 bits per heavy atom. The molecule has 110 valence electrons. The molecule has 0 bridgehead atoms.